The van der Waals surface area contributed by atoms with Crippen LogP contribution >= 0.6 is 0 Å². The number of aromatic nitrogens is 1. The zero-order valence-electron chi connectivity index (χ0n) is 11.6. The molecule has 0 amide bonds. The highest BCUT2D eigenvalue weighted by Gasteiger charge is 2.26. The fraction of sp³-hybridized carbons (Fsp3) is 0.294. The Morgan fingerprint density at radius 2 is 2.00 bits per heavy atom. The van der Waals surface area contributed by atoms with Crippen LogP contribution in [0.5, 0.6) is 0 Å². The van der Waals surface area contributed by atoms with Crippen molar-refractivity contribution in [1.82, 2.24) is 4.98 Å². The van der Waals surface area contributed by atoms with Crippen LogP contribution in [0.3, 0.4) is 0 Å². The van der Waals surface area contributed by atoms with Gasteiger partial charge in [0.15, 0.2) is 0 Å². The number of anilines is 1. The normalized spacial score (nSPS) is 18.0. The zero-order chi connectivity index (χ0) is 13.9. The average Bonchev–Trinajstić information content (AvgIpc) is 2.97. The van der Waals surface area contributed by atoms with Crippen molar-refractivity contribution in [3.8, 4) is 6.07 Å². The van der Waals surface area contributed by atoms with Crippen molar-refractivity contribution in [2.75, 3.05) is 11.4 Å². The Hall–Kier alpha value is -2.34. The predicted molar refractivity (Wildman–Crippen MR) is 79.5 cm³/mol. The molecule has 100 valence electrons. The molecular weight excluding hydrogens is 246 g/mol. The van der Waals surface area contributed by atoms with E-state index in [9.17, 15) is 0 Å². The number of nitriles is 1. The van der Waals surface area contributed by atoms with E-state index in [0.717, 1.165) is 18.8 Å². The lowest BCUT2D eigenvalue weighted by Gasteiger charge is -2.26. The molecule has 1 aliphatic rings. The van der Waals surface area contributed by atoms with Crippen LogP contribution in [-0.4, -0.2) is 11.5 Å². The Kier molecular flexibility index (Phi) is 3.39. The highest BCUT2D eigenvalue weighted by molar-refractivity contribution is 5.46. The van der Waals surface area contributed by atoms with E-state index < -0.39 is 0 Å². The molecule has 1 atom stereocenters. The number of rotatable bonds is 2. The van der Waals surface area contributed by atoms with E-state index in [-0.39, 0.29) is 0 Å². The van der Waals surface area contributed by atoms with E-state index in [1.54, 1.807) is 6.20 Å². The Morgan fingerprint density at radius 1 is 1.20 bits per heavy atom. The van der Waals surface area contributed by atoms with Crippen molar-refractivity contribution in [2.45, 2.75) is 25.8 Å². The van der Waals surface area contributed by atoms with Gasteiger partial charge in [0.1, 0.15) is 11.9 Å². The predicted octanol–water partition coefficient (Wildman–Crippen LogP) is 3.60. The zero-order valence-corrected chi connectivity index (χ0v) is 11.6. The Balaban J connectivity index is 1.88. The van der Waals surface area contributed by atoms with Gasteiger partial charge in [-0.1, -0.05) is 29.8 Å². The lowest BCUT2D eigenvalue weighted by molar-refractivity contribution is 0.711. The second kappa shape index (κ2) is 5.34. The standard InChI is InChI=1S/C17H17N3/c1-13-4-7-15(8-5-13)16-3-2-10-20(16)17-9-6-14(11-18)12-19-17/h4-9,12,16H,2-3,10H2,1H3. The third-order valence-electron chi connectivity index (χ3n) is 3.89. The molecule has 3 heteroatoms. The Morgan fingerprint density at radius 3 is 2.65 bits per heavy atom. The fourth-order valence-corrected chi connectivity index (χ4v) is 2.80. The molecule has 1 fully saturated rings. The minimum atomic E-state index is 0.399. The molecule has 2 heterocycles. The summed E-state index contributed by atoms with van der Waals surface area (Å²) in [5.74, 6) is 0.965. The summed E-state index contributed by atoms with van der Waals surface area (Å²) >= 11 is 0. The summed E-state index contributed by atoms with van der Waals surface area (Å²) in [5.41, 5.74) is 3.24. The van der Waals surface area contributed by atoms with Crippen molar-refractivity contribution in [1.29, 1.82) is 5.26 Å². The van der Waals surface area contributed by atoms with Crippen LogP contribution in [0.4, 0.5) is 5.82 Å². The first-order valence-electron chi connectivity index (χ1n) is 6.97. The molecule has 0 aliphatic carbocycles. The topological polar surface area (TPSA) is 39.9 Å². The SMILES string of the molecule is Cc1ccc(C2CCCN2c2ccc(C#N)cn2)cc1. The molecule has 1 unspecified atom stereocenters. The van der Waals surface area contributed by atoms with Crippen LogP contribution in [-0.2, 0) is 0 Å². The van der Waals surface area contributed by atoms with E-state index in [1.165, 1.54) is 17.5 Å². The van der Waals surface area contributed by atoms with Crippen LogP contribution in [0, 0.1) is 18.3 Å². The monoisotopic (exact) mass is 263 g/mol. The molecule has 3 rings (SSSR count). The largest absolute Gasteiger partial charge is 0.350 e. The molecule has 0 N–H and O–H groups in total. The van der Waals surface area contributed by atoms with Gasteiger partial charge in [0.2, 0.25) is 0 Å². The van der Waals surface area contributed by atoms with Gasteiger partial charge in [0.25, 0.3) is 0 Å². The van der Waals surface area contributed by atoms with Crippen LogP contribution in [0.15, 0.2) is 42.6 Å². The summed E-state index contributed by atoms with van der Waals surface area (Å²) in [6.45, 7) is 3.13. The molecular formula is C17H17N3. The van der Waals surface area contributed by atoms with Gasteiger partial charge in [-0.05, 0) is 37.5 Å². The Labute approximate surface area is 119 Å². The van der Waals surface area contributed by atoms with Gasteiger partial charge in [0.05, 0.1) is 11.6 Å². The molecule has 0 saturated carbocycles. The van der Waals surface area contributed by atoms with E-state index in [1.807, 2.05) is 12.1 Å². The van der Waals surface area contributed by atoms with Crippen LogP contribution < -0.4 is 4.90 Å². The third-order valence-corrected chi connectivity index (χ3v) is 3.89. The second-order valence-electron chi connectivity index (χ2n) is 5.28. The van der Waals surface area contributed by atoms with Gasteiger partial charge >= 0.3 is 0 Å². The third kappa shape index (κ3) is 2.37. The van der Waals surface area contributed by atoms with E-state index >= 15 is 0 Å². The van der Waals surface area contributed by atoms with E-state index in [4.69, 9.17) is 5.26 Å². The first-order chi connectivity index (χ1) is 9.78. The maximum absolute atomic E-state index is 8.85. The molecule has 0 spiro atoms. The molecule has 2 aromatic rings. The summed E-state index contributed by atoms with van der Waals surface area (Å²) in [7, 11) is 0. The molecule has 1 aromatic heterocycles. The second-order valence-corrected chi connectivity index (χ2v) is 5.28. The number of benzene rings is 1. The molecule has 1 aliphatic heterocycles. The smallest absolute Gasteiger partial charge is 0.129 e. The molecule has 0 bridgehead atoms. The van der Waals surface area contributed by atoms with Gasteiger partial charge in [-0.15, -0.1) is 0 Å². The average molecular weight is 263 g/mol. The van der Waals surface area contributed by atoms with E-state index in [2.05, 4.69) is 47.1 Å². The van der Waals surface area contributed by atoms with Crippen molar-refractivity contribution in [3.05, 3.63) is 59.3 Å². The minimum Gasteiger partial charge on any atom is -0.350 e. The van der Waals surface area contributed by atoms with Crippen molar-refractivity contribution >= 4 is 5.82 Å². The maximum atomic E-state index is 8.85. The lowest BCUT2D eigenvalue weighted by atomic mass is 10.0. The van der Waals surface area contributed by atoms with Gasteiger partial charge < -0.3 is 4.90 Å². The molecule has 3 nitrogen and oxygen atoms in total. The van der Waals surface area contributed by atoms with Crippen molar-refractivity contribution in [2.24, 2.45) is 0 Å². The number of aryl methyl sites for hydroxylation is 1. The van der Waals surface area contributed by atoms with Crippen LogP contribution in [0.1, 0.15) is 35.6 Å². The minimum absolute atomic E-state index is 0.399. The first kappa shape index (κ1) is 12.7. The highest BCUT2D eigenvalue weighted by atomic mass is 15.2. The van der Waals surface area contributed by atoms with Gasteiger partial charge in [-0.25, -0.2) is 4.98 Å². The molecule has 0 radical (unpaired) electrons. The van der Waals surface area contributed by atoms with E-state index in [0.29, 0.717) is 11.6 Å². The lowest BCUT2D eigenvalue weighted by Crippen LogP contribution is -2.23. The number of hydrogen-bond acceptors (Lipinski definition) is 3. The molecule has 1 saturated heterocycles. The quantitative estimate of drug-likeness (QED) is 0.831. The summed E-state index contributed by atoms with van der Waals surface area (Å²) < 4.78 is 0. The first-order valence-corrected chi connectivity index (χ1v) is 6.97. The Bertz CT molecular complexity index is 623. The number of hydrogen-bond donors (Lipinski definition) is 0. The van der Waals surface area contributed by atoms with Gasteiger partial charge in [0, 0.05) is 12.7 Å². The molecule has 20 heavy (non-hydrogen) atoms. The number of nitrogens with zero attached hydrogens (tertiary/aromatic N) is 3. The van der Waals surface area contributed by atoms with Gasteiger partial charge in [-0.3, -0.25) is 0 Å². The van der Waals surface area contributed by atoms with Gasteiger partial charge in [-0.2, -0.15) is 5.26 Å². The van der Waals surface area contributed by atoms with Crippen molar-refractivity contribution < 1.29 is 0 Å². The summed E-state index contributed by atoms with van der Waals surface area (Å²) in [5, 5.41) is 8.85. The van der Waals surface area contributed by atoms with Crippen molar-refractivity contribution in [3.63, 3.8) is 0 Å². The number of pyridine rings is 1. The maximum Gasteiger partial charge on any atom is 0.129 e. The van der Waals surface area contributed by atoms with Crippen LogP contribution in [0.25, 0.3) is 0 Å². The fourth-order valence-electron chi connectivity index (χ4n) is 2.80. The molecule has 1 aromatic carbocycles. The summed E-state index contributed by atoms with van der Waals surface area (Å²) in [6.07, 6.45) is 3.99. The van der Waals surface area contributed by atoms with Crippen LogP contribution in [0.2, 0.25) is 0 Å². The summed E-state index contributed by atoms with van der Waals surface area (Å²) in [6, 6.07) is 15.1. The highest BCUT2D eigenvalue weighted by Crippen LogP contribution is 2.35. The summed E-state index contributed by atoms with van der Waals surface area (Å²) in [4.78, 5) is 6.77.